The Balaban J connectivity index is 4.32. The predicted molar refractivity (Wildman–Crippen MR) is 60.4 cm³/mol. The molecule has 0 aromatic heterocycles. The van der Waals surface area contributed by atoms with E-state index in [-0.39, 0.29) is 18.6 Å². The van der Waals surface area contributed by atoms with Gasteiger partial charge in [0.1, 0.15) is 0 Å². The Morgan fingerprint density at radius 2 is 1.88 bits per heavy atom. The number of carbonyl (C=O) groups excluding carboxylic acids is 1. The molecule has 6 heteroatoms. The Kier molecular flexibility index (Phi) is 5.15. The summed E-state index contributed by atoms with van der Waals surface area (Å²) in [5.41, 5.74) is 0.285. The maximum atomic E-state index is 11.5. The molecule has 0 aromatic rings. The second-order valence-corrected chi connectivity index (χ2v) is 6.39. The Morgan fingerprint density at radius 1 is 1.38 bits per heavy atom. The van der Waals surface area contributed by atoms with Crippen molar-refractivity contribution in [1.29, 1.82) is 0 Å². The summed E-state index contributed by atoms with van der Waals surface area (Å²) in [5.74, 6) is -0.523. The van der Waals surface area contributed by atoms with Gasteiger partial charge in [-0.15, -0.1) is 0 Å². The molecule has 0 heterocycles. The van der Waals surface area contributed by atoms with Crippen molar-refractivity contribution in [2.24, 2.45) is 0 Å². The molecule has 0 N–H and O–H groups in total. The molecule has 0 saturated carbocycles. The minimum absolute atomic E-state index is 0.0152. The fourth-order valence-electron chi connectivity index (χ4n) is 0.863. The predicted octanol–water partition coefficient (Wildman–Crippen LogP) is 1.25. The molecular weight excluding hydrogens is 232 g/mol. The smallest absolute Gasteiger partial charge is 0.333 e. The van der Waals surface area contributed by atoms with Crippen LogP contribution in [0.3, 0.4) is 0 Å². The van der Waals surface area contributed by atoms with Crippen molar-refractivity contribution in [3.8, 4) is 0 Å². The lowest BCUT2D eigenvalue weighted by molar-refractivity contribution is -0.139. The van der Waals surface area contributed by atoms with Gasteiger partial charge in [-0.2, -0.15) is 8.42 Å². The SMILES string of the molecule is C=C(C)C(=O)OCCC(C)(C)S(=O)(=O)OC. The third-order valence-corrected chi connectivity index (χ3v) is 4.18. The van der Waals surface area contributed by atoms with Gasteiger partial charge in [-0.3, -0.25) is 4.18 Å². The van der Waals surface area contributed by atoms with Gasteiger partial charge in [0, 0.05) is 12.0 Å². The topological polar surface area (TPSA) is 69.7 Å². The van der Waals surface area contributed by atoms with Crippen LogP contribution in [0.4, 0.5) is 0 Å². The van der Waals surface area contributed by atoms with Crippen LogP contribution in [-0.4, -0.2) is 32.9 Å². The molecule has 0 aliphatic rings. The van der Waals surface area contributed by atoms with E-state index in [0.29, 0.717) is 0 Å². The van der Waals surface area contributed by atoms with Crippen LogP contribution in [0.15, 0.2) is 12.2 Å². The highest BCUT2D eigenvalue weighted by molar-refractivity contribution is 7.88. The van der Waals surface area contributed by atoms with Gasteiger partial charge in [0.2, 0.25) is 0 Å². The summed E-state index contributed by atoms with van der Waals surface area (Å²) >= 11 is 0. The van der Waals surface area contributed by atoms with Crippen LogP contribution in [0.5, 0.6) is 0 Å². The zero-order valence-electron chi connectivity index (χ0n) is 10.1. The molecule has 0 fully saturated rings. The third kappa shape index (κ3) is 3.94. The van der Waals surface area contributed by atoms with E-state index in [9.17, 15) is 13.2 Å². The highest BCUT2D eigenvalue weighted by atomic mass is 32.2. The first-order valence-electron chi connectivity index (χ1n) is 4.77. The monoisotopic (exact) mass is 250 g/mol. The van der Waals surface area contributed by atoms with Gasteiger partial charge in [-0.05, 0) is 20.8 Å². The molecule has 0 saturated heterocycles. The molecule has 0 bridgehead atoms. The first-order valence-corrected chi connectivity index (χ1v) is 6.17. The average Bonchev–Trinajstić information content (AvgIpc) is 2.16. The van der Waals surface area contributed by atoms with Crippen molar-refractivity contribution in [3.63, 3.8) is 0 Å². The molecule has 94 valence electrons. The van der Waals surface area contributed by atoms with E-state index in [1.165, 1.54) is 20.8 Å². The summed E-state index contributed by atoms with van der Waals surface area (Å²) in [6.45, 7) is 7.99. The quantitative estimate of drug-likeness (QED) is 0.403. The molecule has 0 unspecified atom stereocenters. The molecule has 0 rings (SSSR count). The van der Waals surface area contributed by atoms with Crippen molar-refractivity contribution in [3.05, 3.63) is 12.2 Å². The molecule has 0 aromatic carbocycles. The molecule has 0 radical (unpaired) electrons. The number of esters is 1. The van der Waals surface area contributed by atoms with Crippen molar-refractivity contribution >= 4 is 16.1 Å². The fraction of sp³-hybridized carbons (Fsp3) is 0.700. The molecular formula is C10H18O5S. The first kappa shape index (κ1) is 15.1. The Morgan fingerprint density at radius 3 is 2.25 bits per heavy atom. The maximum absolute atomic E-state index is 11.5. The van der Waals surface area contributed by atoms with Gasteiger partial charge < -0.3 is 4.74 Å². The Bertz CT molecular complexity index is 367. The van der Waals surface area contributed by atoms with Gasteiger partial charge in [-0.1, -0.05) is 6.58 Å². The van der Waals surface area contributed by atoms with Crippen LogP contribution in [0.2, 0.25) is 0 Å². The third-order valence-electron chi connectivity index (χ3n) is 2.18. The van der Waals surface area contributed by atoms with Crippen LogP contribution >= 0.6 is 0 Å². The van der Waals surface area contributed by atoms with Crippen LogP contribution in [0.25, 0.3) is 0 Å². The average molecular weight is 250 g/mol. The minimum atomic E-state index is -3.63. The van der Waals surface area contributed by atoms with Crippen LogP contribution < -0.4 is 0 Å². The summed E-state index contributed by atoms with van der Waals surface area (Å²) in [6.07, 6.45) is 0.169. The normalized spacial score (nSPS) is 12.2. The summed E-state index contributed by atoms with van der Waals surface area (Å²) in [4.78, 5) is 11.0. The summed E-state index contributed by atoms with van der Waals surface area (Å²) in [6, 6.07) is 0. The zero-order chi connectivity index (χ0) is 13.0. The van der Waals surface area contributed by atoms with E-state index in [1.54, 1.807) is 0 Å². The highest BCUT2D eigenvalue weighted by Gasteiger charge is 2.34. The molecule has 0 atom stereocenters. The van der Waals surface area contributed by atoms with Crippen molar-refractivity contribution in [1.82, 2.24) is 0 Å². The summed E-state index contributed by atoms with van der Waals surface area (Å²) in [7, 11) is -2.52. The zero-order valence-corrected chi connectivity index (χ0v) is 10.9. The van der Waals surface area contributed by atoms with Gasteiger partial charge >= 0.3 is 5.97 Å². The first-order chi connectivity index (χ1) is 7.14. The highest BCUT2D eigenvalue weighted by Crippen LogP contribution is 2.21. The number of ether oxygens (including phenoxy) is 1. The maximum Gasteiger partial charge on any atom is 0.333 e. The summed E-state index contributed by atoms with van der Waals surface area (Å²) in [5, 5.41) is 0. The second kappa shape index (κ2) is 5.45. The number of rotatable bonds is 6. The van der Waals surface area contributed by atoms with Crippen LogP contribution in [-0.2, 0) is 23.8 Å². The number of carbonyl (C=O) groups is 1. The molecule has 0 amide bonds. The lowest BCUT2D eigenvalue weighted by Crippen LogP contribution is -2.34. The Hall–Kier alpha value is -0.880. The second-order valence-electron chi connectivity index (χ2n) is 4.05. The van der Waals surface area contributed by atoms with Crippen molar-refractivity contribution in [2.75, 3.05) is 13.7 Å². The van der Waals surface area contributed by atoms with Gasteiger partial charge in [-0.25, -0.2) is 4.79 Å². The van der Waals surface area contributed by atoms with Gasteiger partial charge in [0.15, 0.2) is 0 Å². The molecule has 0 aliphatic heterocycles. The van der Waals surface area contributed by atoms with E-state index < -0.39 is 20.8 Å². The van der Waals surface area contributed by atoms with Crippen LogP contribution in [0.1, 0.15) is 27.2 Å². The molecule has 0 spiro atoms. The summed E-state index contributed by atoms with van der Waals surface area (Å²) < 4.78 is 31.1. The lowest BCUT2D eigenvalue weighted by Gasteiger charge is -2.22. The van der Waals surface area contributed by atoms with Crippen LogP contribution in [0, 0.1) is 0 Å². The van der Waals surface area contributed by atoms with E-state index in [2.05, 4.69) is 10.8 Å². The largest absolute Gasteiger partial charge is 0.462 e. The van der Waals surface area contributed by atoms with Crippen molar-refractivity contribution in [2.45, 2.75) is 31.9 Å². The minimum Gasteiger partial charge on any atom is -0.462 e. The van der Waals surface area contributed by atoms with Gasteiger partial charge in [0.25, 0.3) is 10.1 Å². The van der Waals surface area contributed by atoms with E-state index >= 15 is 0 Å². The van der Waals surface area contributed by atoms with E-state index in [4.69, 9.17) is 4.74 Å². The molecule has 5 nitrogen and oxygen atoms in total. The fourth-order valence-corrected chi connectivity index (χ4v) is 1.65. The van der Waals surface area contributed by atoms with E-state index in [1.807, 2.05) is 0 Å². The van der Waals surface area contributed by atoms with Crippen molar-refractivity contribution < 1.29 is 22.1 Å². The van der Waals surface area contributed by atoms with Gasteiger partial charge in [0.05, 0.1) is 18.5 Å². The molecule has 0 aliphatic carbocycles. The Labute approximate surface area is 96.6 Å². The standard InChI is InChI=1S/C10H18O5S/c1-8(2)9(11)15-7-6-10(3,4)16(12,13)14-5/h1,6-7H2,2-5H3. The number of hydrogen-bond donors (Lipinski definition) is 0. The molecule has 16 heavy (non-hydrogen) atoms. The lowest BCUT2D eigenvalue weighted by atomic mass is 10.1. The number of hydrogen-bond acceptors (Lipinski definition) is 5. The van der Waals surface area contributed by atoms with E-state index in [0.717, 1.165) is 7.11 Å².